The zero-order valence-electron chi connectivity index (χ0n) is 9.82. The average molecular weight is 297 g/mol. The highest BCUT2D eigenvalue weighted by Gasteiger charge is 2.23. The number of halogens is 1. The van der Waals surface area contributed by atoms with E-state index in [1.54, 1.807) is 0 Å². The molecule has 2 aromatic rings. The minimum atomic E-state index is -4.36. The molecule has 2 N–H and O–H groups in total. The molecule has 0 radical (unpaired) electrons. The fourth-order valence-electron chi connectivity index (χ4n) is 1.40. The van der Waals surface area contributed by atoms with E-state index in [1.165, 1.54) is 24.4 Å². The Balaban J connectivity index is 2.45. The van der Waals surface area contributed by atoms with Crippen LogP contribution in [0.4, 0.5) is 10.2 Å². The number of hydrogen-bond acceptors (Lipinski definition) is 5. The number of nitrogens with zero attached hydrogens (tertiary/aromatic N) is 2. The number of carboxylic acids is 1. The Morgan fingerprint density at radius 1 is 1.20 bits per heavy atom. The third-order valence-corrected chi connectivity index (χ3v) is 3.52. The molecule has 0 bridgehead atoms. The molecule has 0 aromatic carbocycles. The van der Waals surface area contributed by atoms with Crippen molar-refractivity contribution < 1.29 is 22.7 Å². The van der Waals surface area contributed by atoms with Gasteiger partial charge in [0, 0.05) is 12.4 Å². The van der Waals surface area contributed by atoms with Gasteiger partial charge in [-0.3, -0.25) is 4.72 Å². The third kappa shape index (κ3) is 2.72. The summed E-state index contributed by atoms with van der Waals surface area (Å²) in [6.45, 7) is 0. The lowest BCUT2D eigenvalue weighted by molar-refractivity contribution is 0.0697. The Kier molecular flexibility index (Phi) is 3.61. The molecule has 0 amide bonds. The molecule has 2 heterocycles. The molecule has 0 atom stereocenters. The van der Waals surface area contributed by atoms with Crippen LogP contribution >= 0.6 is 0 Å². The number of sulfonamides is 1. The van der Waals surface area contributed by atoms with E-state index in [-0.39, 0.29) is 5.56 Å². The molecule has 7 nitrogen and oxygen atoms in total. The van der Waals surface area contributed by atoms with Crippen LogP contribution in [0.3, 0.4) is 0 Å². The van der Waals surface area contributed by atoms with Crippen molar-refractivity contribution in [2.45, 2.75) is 5.03 Å². The van der Waals surface area contributed by atoms with Crippen LogP contribution < -0.4 is 4.72 Å². The van der Waals surface area contributed by atoms with Crippen LogP contribution in [0.5, 0.6) is 0 Å². The molecule has 2 aromatic heterocycles. The summed E-state index contributed by atoms with van der Waals surface area (Å²) in [4.78, 5) is 18.0. The van der Waals surface area contributed by atoms with Crippen molar-refractivity contribution in [2.24, 2.45) is 0 Å². The third-order valence-electron chi connectivity index (χ3n) is 2.25. The highest BCUT2D eigenvalue weighted by Crippen LogP contribution is 2.18. The molecule has 9 heteroatoms. The monoisotopic (exact) mass is 297 g/mol. The lowest BCUT2D eigenvalue weighted by Gasteiger charge is -2.08. The summed E-state index contributed by atoms with van der Waals surface area (Å²) in [6, 6.07) is 4.67. The summed E-state index contributed by atoms with van der Waals surface area (Å²) in [7, 11) is -4.36. The molecule has 0 aliphatic heterocycles. The van der Waals surface area contributed by atoms with Crippen LogP contribution in [0, 0.1) is 5.82 Å². The summed E-state index contributed by atoms with van der Waals surface area (Å²) in [5.74, 6) is -2.82. The first-order chi connectivity index (χ1) is 9.42. The van der Waals surface area contributed by atoms with Gasteiger partial charge < -0.3 is 5.11 Å². The van der Waals surface area contributed by atoms with Crippen LogP contribution in [0.15, 0.2) is 41.7 Å². The van der Waals surface area contributed by atoms with E-state index in [1.807, 2.05) is 4.72 Å². The number of anilines is 1. The van der Waals surface area contributed by atoms with Gasteiger partial charge >= 0.3 is 5.97 Å². The molecular formula is C11H8FN3O4S. The predicted octanol–water partition coefficient (Wildman–Crippen LogP) is 1.11. The maximum absolute atomic E-state index is 13.4. The zero-order valence-corrected chi connectivity index (χ0v) is 10.6. The SMILES string of the molecule is O=C(O)c1cccnc1NS(=O)(=O)c1ncccc1F. The minimum absolute atomic E-state index is 0.354. The van der Waals surface area contributed by atoms with Gasteiger partial charge in [0.05, 0.1) is 0 Å². The molecule has 0 aliphatic carbocycles. The van der Waals surface area contributed by atoms with Gasteiger partial charge in [0.25, 0.3) is 10.0 Å². The molecule has 0 saturated heterocycles. The largest absolute Gasteiger partial charge is 0.478 e. The Labute approximate surface area is 113 Å². The molecule has 0 unspecified atom stereocenters. The summed E-state index contributed by atoms with van der Waals surface area (Å²) < 4.78 is 39.2. The van der Waals surface area contributed by atoms with E-state index < -0.39 is 32.7 Å². The van der Waals surface area contributed by atoms with E-state index in [2.05, 4.69) is 9.97 Å². The molecule has 0 saturated carbocycles. The Morgan fingerprint density at radius 2 is 1.85 bits per heavy atom. The number of carbonyl (C=O) groups is 1. The Morgan fingerprint density at radius 3 is 2.50 bits per heavy atom. The number of carboxylic acid groups (broad SMARTS) is 1. The van der Waals surface area contributed by atoms with E-state index >= 15 is 0 Å². The predicted molar refractivity (Wildman–Crippen MR) is 66.2 cm³/mol. The summed E-state index contributed by atoms with van der Waals surface area (Å²) >= 11 is 0. The first-order valence-corrected chi connectivity index (χ1v) is 6.72. The first-order valence-electron chi connectivity index (χ1n) is 5.23. The Hall–Kier alpha value is -2.55. The lowest BCUT2D eigenvalue weighted by Crippen LogP contribution is -2.19. The molecule has 0 fully saturated rings. The maximum Gasteiger partial charge on any atom is 0.339 e. The van der Waals surface area contributed by atoms with E-state index in [0.29, 0.717) is 0 Å². The van der Waals surface area contributed by atoms with Crippen molar-refractivity contribution in [2.75, 3.05) is 4.72 Å². The number of rotatable bonds is 4. The van der Waals surface area contributed by atoms with E-state index in [4.69, 9.17) is 5.11 Å². The van der Waals surface area contributed by atoms with Gasteiger partial charge in [-0.1, -0.05) is 0 Å². The number of pyridine rings is 2. The van der Waals surface area contributed by atoms with Crippen LogP contribution in [0.1, 0.15) is 10.4 Å². The van der Waals surface area contributed by atoms with Crippen molar-refractivity contribution >= 4 is 21.8 Å². The van der Waals surface area contributed by atoms with Gasteiger partial charge in [-0.25, -0.2) is 19.2 Å². The highest BCUT2D eigenvalue weighted by atomic mass is 32.2. The minimum Gasteiger partial charge on any atom is -0.478 e. The second-order valence-corrected chi connectivity index (χ2v) is 5.20. The number of hydrogen-bond donors (Lipinski definition) is 2. The normalized spacial score (nSPS) is 11.1. The molecule has 0 aliphatic rings. The maximum atomic E-state index is 13.4. The smallest absolute Gasteiger partial charge is 0.339 e. The molecule has 20 heavy (non-hydrogen) atoms. The van der Waals surface area contributed by atoms with E-state index in [0.717, 1.165) is 12.3 Å². The standard InChI is InChI=1S/C11H8FN3O4S/c12-8-4-2-6-14-10(8)20(18,19)15-9-7(11(16)17)3-1-5-13-9/h1-6H,(H,13,15)(H,16,17). The Bertz CT molecular complexity index is 764. The molecule has 2 rings (SSSR count). The van der Waals surface area contributed by atoms with Crippen molar-refractivity contribution in [1.82, 2.24) is 9.97 Å². The lowest BCUT2D eigenvalue weighted by atomic mass is 10.3. The molecule has 104 valence electrons. The zero-order chi connectivity index (χ0) is 14.8. The fraction of sp³-hybridized carbons (Fsp3) is 0. The first kappa shape index (κ1) is 13.9. The second kappa shape index (κ2) is 5.21. The van der Waals surface area contributed by atoms with Crippen LogP contribution in [-0.4, -0.2) is 29.5 Å². The quantitative estimate of drug-likeness (QED) is 0.875. The number of nitrogens with one attached hydrogen (secondary N) is 1. The van der Waals surface area contributed by atoms with Crippen molar-refractivity contribution in [3.05, 3.63) is 48.0 Å². The molecular weight excluding hydrogens is 289 g/mol. The highest BCUT2D eigenvalue weighted by molar-refractivity contribution is 7.92. The average Bonchev–Trinajstić information content (AvgIpc) is 2.39. The summed E-state index contributed by atoms with van der Waals surface area (Å²) in [6.07, 6.45) is 2.31. The van der Waals surface area contributed by atoms with Crippen molar-refractivity contribution in [3.63, 3.8) is 0 Å². The van der Waals surface area contributed by atoms with Gasteiger partial charge in [0.1, 0.15) is 5.56 Å². The summed E-state index contributed by atoms with van der Waals surface area (Å²) in [5, 5.41) is 8.09. The molecule has 0 spiro atoms. The van der Waals surface area contributed by atoms with E-state index in [9.17, 15) is 17.6 Å². The summed E-state index contributed by atoms with van der Waals surface area (Å²) in [5.41, 5.74) is -0.354. The van der Waals surface area contributed by atoms with Gasteiger partial charge in [-0.05, 0) is 24.3 Å². The van der Waals surface area contributed by atoms with Crippen LogP contribution in [0.25, 0.3) is 0 Å². The fourth-order valence-corrected chi connectivity index (χ4v) is 2.44. The van der Waals surface area contributed by atoms with Gasteiger partial charge in [0.15, 0.2) is 11.6 Å². The van der Waals surface area contributed by atoms with Gasteiger partial charge in [-0.15, -0.1) is 0 Å². The van der Waals surface area contributed by atoms with Crippen LogP contribution in [-0.2, 0) is 10.0 Å². The number of aromatic carboxylic acids is 1. The topological polar surface area (TPSA) is 109 Å². The van der Waals surface area contributed by atoms with Gasteiger partial charge in [0.2, 0.25) is 5.03 Å². The van der Waals surface area contributed by atoms with Crippen molar-refractivity contribution in [3.8, 4) is 0 Å². The number of aromatic nitrogens is 2. The van der Waals surface area contributed by atoms with Crippen LogP contribution in [0.2, 0.25) is 0 Å². The van der Waals surface area contributed by atoms with Gasteiger partial charge in [-0.2, -0.15) is 8.42 Å². The second-order valence-electron chi connectivity index (χ2n) is 3.60. The van der Waals surface area contributed by atoms with Crippen molar-refractivity contribution in [1.29, 1.82) is 0 Å².